The number of hydrogen-bond donors (Lipinski definition) is 1. The van der Waals surface area contributed by atoms with Gasteiger partial charge in [0.05, 0.1) is 12.2 Å². The van der Waals surface area contributed by atoms with Crippen LogP contribution in [0.15, 0.2) is 30.3 Å². The average Bonchev–Trinajstić information content (AvgIpc) is 2.36. The Kier molecular flexibility index (Phi) is 3.51. The van der Waals surface area contributed by atoms with Gasteiger partial charge in [-0.05, 0) is 36.4 Å². The zero-order valence-corrected chi connectivity index (χ0v) is 10.6. The molecule has 0 aliphatic rings. The molecule has 0 atom stereocenters. The Labute approximate surface area is 106 Å². The van der Waals surface area contributed by atoms with E-state index in [1.54, 1.807) is 12.1 Å². The fourth-order valence-electron chi connectivity index (χ4n) is 1.96. The van der Waals surface area contributed by atoms with Crippen LogP contribution in [0.2, 0.25) is 0 Å². The van der Waals surface area contributed by atoms with Crippen LogP contribution in [-0.4, -0.2) is 17.7 Å². The third-order valence-corrected chi connectivity index (χ3v) is 2.88. The van der Waals surface area contributed by atoms with Crippen LogP contribution in [0.3, 0.4) is 0 Å². The molecule has 0 saturated carbocycles. The number of carbonyl (C=O) groups is 1. The lowest BCUT2D eigenvalue weighted by atomic mass is 10.0. The zero-order valence-electron chi connectivity index (χ0n) is 10.6. The Hall–Kier alpha value is -2.03. The predicted molar refractivity (Wildman–Crippen MR) is 71.4 cm³/mol. The summed E-state index contributed by atoms with van der Waals surface area (Å²) in [6.07, 6.45) is 0.893. The van der Waals surface area contributed by atoms with Gasteiger partial charge in [0.25, 0.3) is 0 Å². The lowest BCUT2D eigenvalue weighted by Gasteiger charge is -2.11. The van der Waals surface area contributed by atoms with Gasteiger partial charge >= 0.3 is 5.97 Å². The smallest absolute Gasteiger partial charge is 0.335 e. The highest BCUT2D eigenvalue weighted by Crippen LogP contribution is 2.30. The summed E-state index contributed by atoms with van der Waals surface area (Å²) in [5.41, 5.74) is 1.32. The van der Waals surface area contributed by atoms with Gasteiger partial charge in [0.1, 0.15) is 5.75 Å². The Balaban J connectivity index is 2.65. The van der Waals surface area contributed by atoms with E-state index in [4.69, 9.17) is 9.84 Å². The van der Waals surface area contributed by atoms with Crippen molar-refractivity contribution in [1.82, 2.24) is 0 Å². The minimum atomic E-state index is -0.929. The number of aromatic carboxylic acids is 1. The topological polar surface area (TPSA) is 46.5 Å². The Bertz CT molecular complexity index is 588. The van der Waals surface area contributed by atoms with E-state index in [0.717, 1.165) is 22.8 Å². The summed E-state index contributed by atoms with van der Waals surface area (Å²) in [7, 11) is 0. The highest BCUT2D eigenvalue weighted by Gasteiger charge is 2.11. The number of hydrogen-bond acceptors (Lipinski definition) is 2. The number of ether oxygens (including phenoxy) is 1. The van der Waals surface area contributed by atoms with Crippen molar-refractivity contribution in [3.63, 3.8) is 0 Å². The maximum Gasteiger partial charge on any atom is 0.335 e. The van der Waals surface area contributed by atoms with E-state index in [9.17, 15) is 4.79 Å². The maximum atomic E-state index is 11.1. The number of fused-ring (bicyclic) bond motifs is 1. The van der Waals surface area contributed by atoms with Crippen molar-refractivity contribution in [2.45, 2.75) is 20.3 Å². The molecule has 3 heteroatoms. The molecule has 2 aromatic carbocycles. The molecule has 0 bridgehead atoms. The van der Waals surface area contributed by atoms with E-state index in [2.05, 4.69) is 0 Å². The molecule has 2 aromatic rings. The second-order valence-corrected chi connectivity index (χ2v) is 4.30. The fraction of sp³-hybridized carbons (Fsp3) is 0.267. The molecule has 2 rings (SSSR count). The second kappa shape index (κ2) is 5.08. The molecule has 1 N–H and O–H groups in total. The van der Waals surface area contributed by atoms with E-state index in [1.165, 1.54) is 0 Å². The van der Waals surface area contributed by atoms with E-state index in [-0.39, 0.29) is 5.56 Å². The highest BCUT2D eigenvalue weighted by molar-refractivity contribution is 5.98. The van der Waals surface area contributed by atoms with Gasteiger partial charge in [-0.2, -0.15) is 0 Å². The first-order chi connectivity index (χ1) is 8.63. The molecule has 0 saturated heterocycles. The van der Waals surface area contributed by atoms with Gasteiger partial charge in [0.15, 0.2) is 0 Å². The largest absolute Gasteiger partial charge is 0.493 e. The molecule has 0 fully saturated rings. The summed E-state index contributed by atoms with van der Waals surface area (Å²) in [6, 6.07) is 9.18. The van der Waals surface area contributed by atoms with Crippen LogP contribution >= 0.6 is 0 Å². The average molecular weight is 244 g/mol. The first-order valence-electron chi connectivity index (χ1n) is 6.03. The van der Waals surface area contributed by atoms with Crippen molar-refractivity contribution >= 4 is 16.7 Å². The molecule has 0 aliphatic heterocycles. The van der Waals surface area contributed by atoms with Crippen LogP contribution in [0.25, 0.3) is 10.8 Å². The van der Waals surface area contributed by atoms with E-state index in [0.29, 0.717) is 12.4 Å². The fourth-order valence-corrected chi connectivity index (χ4v) is 1.96. The number of aryl methyl sites for hydroxylation is 1. The quantitative estimate of drug-likeness (QED) is 0.893. The summed E-state index contributed by atoms with van der Waals surface area (Å²) >= 11 is 0. The molecule has 3 nitrogen and oxygen atoms in total. The van der Waals surface area contributed by atoms with Gasteiger partial charge in [-0.25, -0.2) is 4.79 Å². The molecule has 18 heavy (non-hydrogen) atoms. The molecular formula is C15H16O3. The molecule has 0 radical (unpaired) electrons. The van der Waals surface area contributed by atoms with Crippen LogP contribution in [-0.2, 0) is 0 Å². The Morgan fingerprint density at radius 3 is 2.72 bits per heavy atom. The van der Waals surface area contributed by atoms with Crippen LogP contribution in [0, 0.1) is 6.92 Å². The lowest BCUT2D eigenvalue weighted by molar-refractivity contribution is 0.0696. The normalized spacial score (nSPS) is 10.6. The van der Waals surface area contributed by atoms with Crippen LogP contribution in [0.4, 0.5) is 0 Å². The van der Waals surface area contributed by atoms with Crippen molar-refractivity contribution in [3.05, 3.63) is 41.5 Å². The van der Waals surface area contributed by atoms with E-state index < -0.39 is 5.97 Å². The number of carboxylic acid groups (broad SMARTS) is 1. The van der Waals surface area contributed by atoms with E-state index in [1.807, 2.05) is 32.0 Å². The van der Waals surface area contributed by atoms with E-state index >= 15 is 0 Å². The monoisotopic (exact) mass is 244 g/mol. The standard InChI is InChI=1S/C15H16O3/c1-3-7-18-14-9-11(15(16)17)8-13-10(2)5-4-6-12(13)14/h4-6,8-9H,3,7H2,1-2H3,(H,16,17). The zero-order chi connectivity index (χ0) is 13.1. The first-order valence-corrected chi connectivity index (χ1v) is 6.03. The Morgan fingerprint density at radius 2 is 2.06 bits per heavy atom. The van der Waals surface area contributed by atoms with Gasteiger partial charge in [0, 0.05) is 5.39 Å². The molecular weight excluding hydrogens is 228 g/mol. The predicted octanol–water partition coefficient (Wildman–Crippen LogP) is 3.64. The minimum absolute atomic E-state index is 0.267. The van der Waals surface area contributed by atoms with Gasteiger partial charge in [0.2, 0.25) is 0 Å². The van der Waals surface area contributed by atoms with Crippen molar-refractivity contribution in [3.8, 4) is 5.75 Å². The highest BCUT2D eigenvalue weighted by atomic mass is 16.5. The summed E-state index contributed by atoms with van der Waals surface area (Å²) in [5, 5.41) is 11.0. The third kappa shape index (κ3) is 2.30. The summed E-state index contributed by atoms with van der Waals surface area (Å²) in [4.78, 5) is 11.1. The summed E-state index contributed by atoms with van der Waals surface area (Å²) in [5.74, 6) is -0.281. The van der Waals surface area contributed by atoms with Gasteiger partial charge in [-0.3, -0.25) is 0 Å². The van der Waals surface area contributed by atoms with Crippen molar-refractivity contribution < 1.29 is 14.6 Å². The molecule has 0 unspecified atom stereocenters. The van der Waals surface area contributed by atoms with Gasteiger partial charge in [-0.1, -0.05) is 25.1 Å². The Morgan fingerprint density at radius 1 is 1.28 bits per heavy atom. The number of rotatable bonds is 4. The lowest BCUT2D eigenvalue weighted by Crippen LogP contribution is -2.01. The van der Waals surface area contributed by atoms with Crippen LogP contribution < -0.4 is 4.74 Å². The summed E-state index contributed by atoms with van der Waals surface area (Å²) < 4.78 is 5.65. The number of carboxylic acids is 1. The van der Waals surface area contributed by atoms with Crippen molar-refractivity contribution in [2.24, 2.45) is 0 Å². The first kappa shape index (κ1) is 12.4. The third-order valence-electron chi connectivity index (χ3n) is 2.88. The molecule has 0 aliphatic carbocycles. The molecule has 0 spiro atoms. The van der Waals surface area contributed by atoms with Crippen LogP contribution in [0.5, 0.6) is 5.75 Å². The van der Waals surface area contributed by atoms with Crippen LogP contribution in [0.1, 0.15) is 29.3 Å². The summed E-state index contributed by atoms with van der Waals surface area (Å²) in [6.45, 7) is 4.58. The van der Waals surface area contributed by atoms with Gasteiger partial charge in [-0.15, -0.1) is 0 Å². The maximum absolute atomic E-state index is 11.1. The van der Waals surface area contributed by atoms with Crippen molar-refractivity contribution in [2.75, 3.05) is 6.61 Å². The van der Waals surface area contributed by atoms with Crippen molar-refractivity contribution in [1.29, 1.82) is 0 Å². The second-order valence-electron chi connectivity index (χ2n) is 4.30. The molecule has 0 heterocycles. The van der Waals surface area contributed by atoms with Gasteiger partial charge < -0.3 is 9.84 Å². The molecule has 94 valence electrons. The number of benzene rings is 2. The molecule has 0 amide bonds. The molecule has 0 aromatic heterocycles. The minimum Gasteiger partial charge on any atom is -0.493 e. The SMILES string of the molecule is CCCOc1cc(C(=O)O)cc2c(C)cccc12.